The van der Waals surface area contributed by atoms with E-state index in [1.54, 1.807) is 6.92 Å². The number of nitrogens with two attached hydrogens (primary N) is 1. The number of phenolic OH excluding ortho intramolecular Hbond substituents is 2. The van der Waals surface area contributed by atoms with Crippen LogP contribution in [0.2, 0.25) is 0 Å². The molecular weight excluding hydrogens is 498 g/mol. The summed E-state index contributed by atoms with van der Waals surface area (Å²) in [5.41, 5.74) is 2.97. The number of aliphatic hydroxyl groups is 2. The normalized spacial score (nSPS) is 30.3. The summed E-state index contributed by atoms with van der Waals surface area (Å²) < 4.78 is 17.1. The van der Waals surface area contributed by atoms with E-state index in [4.69, 9.17) is 19.9 Å². The first kappa shape index (κ1) is 26.3. The molecule has 0 aromatic heterocycles. The van der Waals surface area contributed by atoms with Crippen molar-refractivity contribution < 1.29 is 49.0 Å². The van der Waals surface area contributed by atoms with Crippen LogP contribution in [0.1, 0.15) is 75.8 Å². The summed E-state index contributed by atoms with van der Waals surface area (Å²) in [6, 6.07) is 3.75. The largest absolute Gasteiger partial charge is 0.507 e. The van der Waals surface area contributed by atoms with Gasteiger partial charge in [0.05, 0.1) is 42.1 Å². The lowest BCUT2D eigenvalue weighted by Gasteiger charge is -2.42. The minimum Gasteiger partial charge on any atom is -0.507 e. The number of aromatic hydroxyl groups is 2. The molecule has 0 bridgehead atoms. The number of hydrogen-bond donors (Lipinski definition) is 5. The molecule has 1 aliphatic heterocycles. The second-order valence-corrected chi connectivity index (χ2v) is 10.1. The van der Waals surface area contributed by atoms with Crippen LogP contribution in [0.5, 0.6) is 17.2 Å². The molecular formula is C27H29NO10. The number of ether oxygens (including phenoxy) is 3. The number of aliphatic hydroxyl groups excluding tert-OH is 1. The zero-order chi connectivity index (χ0) is 27.7. The van der Waals surface area contributed by atoms with Gasteiger partial charge >= 0.3 is 0 Å². The maximum Gasteiger partial charge on any atom is 0.202 e. The fourth-order valence-electron chi connectivity index (χ4n) is 5.66. The average molecular weight is 528 g/mol. The maximum atomic E-state index is 13.6. The highest BCUT2D eigenvalue weighted by atomic mass is 16.7. The molecule has 2 unspecified atom stereocenters. The molecule has 2 aromatic rings. The van der Waals surface area contributed by atoms with Gasteiger partial charge in [0.2, 0.25) is 5.78 Å². The molecule has 38 heavy (non-hydrogen) atoms. The van der Waals surface area contributed by atoms with Gasteiger partial charge in [-0.25, -0.2) is 0 Å². The Bertz CT molecular complexity index is 1360. The average Bonchev–Trinajstić information content (AvgIpc) is 2.87. The van der Waals surface area contributed by atoms with E-state index in [0.717, 1.165) is 0 Å². The first-order valence-electron chi connectivity index (χ1n) is 12.2. The lowest BCUT2D eigenvalue weighted by Crippen LogP contribution is -2.52. The van der Waals surface area contributed by atoms with Crippen molar-refractivity contribution >= 4 is 17.3 Å². The van der Waals surface area contributed by atoms with Crippen LogP contribution in [0.4, 0.5) is 0 Å². The first-order valence-corrected chi connectivity index (χ1v) is 12.2. The van der Waals surface area contributed by atoms with Crippen molar-refractivity contribution in [3.05, 3.63) is 51.6 Å². The molecule has 11 nitrogen and oxygen atoms in total. The molecule has 0 saturated carbocycles. The van der Waals surface area contributed by atoms with E-state index in [9.17, 15) is 34.8 Å². The number of carbonyl (C=O) groups excluding carboxylic acids is 3. The molecule has 202 valence electrons. The van der Waals surface area contributed by atoms with Crippen LogP contribution in [0, 0.1) is 0 Å². The zero-order valence-electron chi connectivity index (χ0n) is 21.1. The van der Waals surface area contributed by atoms with Gasteiger partial charge in [-0.15, -0.1) is 0 Å². The van der Waals surface area contributed by atoms with Crippen LogP contribution in [0.25, 0.3) is 0 Å². The smallest absolute Gasteiger partial charge is 0.202 e. The summed E-state index contributed by atoms with van der Waals surface area (Å²) in [6.45, 7) is 2.79. The summed E-state index contributed by atoms with van der Waals surface area (Å²) in [7, 11) is 1.34. The van der Waals surface area contributed by atoms with Gasteiger partial charge in [0.15, 0.2) is 17.9 Å². The van der Waals surface area contributed by atoms with Gasteiger partial charge in [0.1, 0.15) is 22.8 Å². The summed E-state index contributed by atoms with van der Waals surface area (Å²) in [6.07, 6.45) is -4.53. The predicted octanol–water partition coefficient (Wildman–Crippen LogP) is 1.03. The molecule has 0 spiro atoms. The van der Waals surface area contributed by atoms with Crippen LogP contribution >= 0.6 is 0 Å². The zero-order valence-corrected chi connectivity index (χ0v) is 21.1. The van der Waals surface area contributed by atoms with E-state index in [1.807, 2.05) is 0 Å². The quantitative estimate of drug-likeness (QED) is 0.305. The first-order chi connectivity index (χ1) is 17.9. The van der Waals surface area contributed by atoms with Gasteiger partial charge < -0.3 is 40.4 Å². The number of phenols is 2. The van der Waals surface area contributed by atoms with Gasteiger partial charge in [-0.05, 0) is 19.9 Å². The van der Waals surface area contributed by atoms with Crippen molar-refractivity contribution in [2.75, 3.05) is 7.11 Å². The van der Waals surface area contributed by atoms with Gasteiger partial charge in [0.25, 0.3) is 0 Å². The molecule has 6 N–H and O–H groups in total. The Labute approximate surface area is 217 Å². The Morgan fingerprint density at radius 1 is 1.13 bits per heavy atom. The number of fused-ring (bicyclic) bond motifs is 3. The molecule has 1 heterocycles. The van der Waals surface area contributed by atoms with Gasteiger partial charge in [-0.1, -0.05) is 12.1 Å². The van der Waals surface area contributed by atoms with Crippen molar-refractivity contribution in [1.82, 2.24) is 0 Å². The number of carbonyl (C=O) groups is 3. The Kier molecular flexibility index (Phi) is 6.32. The molecule has 2 aliphatic carbocycles. The fourth-order valence-corrected chi connectivity index (χ4v) is 5.66. The molecule has 1 fully saturated rings. The SMILES string of the molecule is COc1cccc2c1C(=O)c1c(O)c3c(c(O)c1C2=O)C[C@@](O)(C(C)=O)C[C@@H]3O[C@@H]1CC(N)C(O)[C@@H](C)O1. The number of methoxy groups -OCH3 is 1. The van der Waals surface area contributed by atoms with E-state index in [0.29, 0.717) is 0 Å². The monoisotopic (exact) mass is 527 g/mol. The van der Waals surface area contributed by atoms with E-state index < -0.39 is 82.6 Å². The second kappa shape index (κ2) is 9.14. The Balaban J connectivity index is 1.68. The Morgan fingerprint density at radius 3 is 2.45 bits per heavy atom. The molecule has 0 radical (unpaired) electrons. The van der Waals surface area contributed by atoms with Crippen molar-refractivity contribution in [3.8, 4) is 17.2 Å². The van der Waals surface area contributed by atoms with Gasteiger partial charge in [-0.3, -0.25) is 14.4 Å². The van der Waals surface area contributed by atoms with Crippen LogP contribution in [0.3, 0.4) is 0 Å². The molecule has 3 aliphatic rings. The maximum absolute atomic E-state index is 13.6. The summed E-state index contributed by atoms with van der Waals surface area (Å²) >= 11 is 0. The lowest BCUT2D eigenvalue weighted by atomic mass is 9.72. The van der Waals surface area contributed by atoms with Crippen LogP contribution in [-0.4, -0.2) is 75.0 Å². The molecule has 0 amide bonds. The highest BCUT2D eigenvalue weighted by Gasteiger charge is 2.49. The van der Waals surface area contributed by atoms with Crippen LogP contribution in [0.15, 0.2) is 18.2 Å². The molecule has 2 aromatic carbocycles. The van der Waals surface area contributed by atoms with E-state index in [-0.39, 0.29) is 40.8 Å². The van der Waals surface area contributed by atoms with Gasteiger partial charge in [-0.2, -0.15) is 0 Å². The second-order valence-electron chi connectivity index (χ2n) is 10.1. The highest BCUT2D eigenvalue weighted by Crippen LogP contribution is 2.52. The number of Topliss-reactive ketones (excluding diaryl/α,β-unsaturated/α-hetero) is 1. The molecule has 11 heteroatoms. The van der Waals surface area contributed by atoms with Crippen molar-refractivity contribution in [2.24, 2.45) is 5.73 Å². The summed E-state index contributed by atoms with van der Waals surface area (Å²) in [5.74, 6) is -3.18. The topological polar surface area (TPSA) is 186 Å². The van der Waals surface area contributed by atoms with E-state index >= 15 is 0 Å². The minimum absolute atomic E-state index is 0.0147. The van der Waals surface area contributed by atoms with E-state index in [1.165, 1.54) is 32.2 Å². The van der Waals surface area contributed by atoms with Gasteiger partial charge in [0, 0.05) is 42.0 Å². The highest BCUT2D eigenvalue weighted by molar-refractivity contribution is 6.31. The molecule has 6 atom stereocenters. The summed E-state index contributed by atoms with van der Waals surface area (Å²) in [4.78, 5) is 39.6. The molecule has 5 rings (SSSR count). The van der Waals surface area contributed by atoms with E-state index in [2.05, 4.69) is 0 Å². The number of rotatable bonds is 4. The number of hydrogen-bond acceptors (Lipinski definition) is 11. The third-order valence-corrected chi connectivity index (χ3v) is 7.80. The fraction of sp³-hybridized carbons (Fsp3) is 0.444. The van der Waals surface area contributed by atoms with Crippen LogP contribution < -0.4 is 10.5 Å². The predicted molar refractivity (Wildman–Crippen MR) is 130 cm³/mol. The lowest BCUT2D eigenvalue weighted by molar-refractivity contribution is -0.247. The van der Waals surface area contributed by atoms with Crippen LogP contribution in [-0.2, 0) is 20.7 Å². The number of benzene rings is 2. The standard InChI is InChI=1S/C27H29NO10/c1-10-22(30)14(28)7-17(37-10)38-16-9-27(35,11(2)29)8-13-19(16)26(34)21-20(24(13)32)23(31)12-5-4-6-15(36-3)18(12)25(21)33/h4-6,10,14,16-17,22,30,32,34-35H,7-9,28H2,1-3H3/t10-,14?,16+,17-,22?,27+/m1/s1. The Hall–Kier alpha value is -3.35. The third-order valence-electron chi connectivity index (χ3n) is 7.80. The Morgan fingerprint density at radius 2 is 1.82 bits per heavy atom. The van der Waals surface area contributed by atoms with Crippen molar-refractivity contribution in [3.63, 3.8) is 0 Å². The van der Waals surface area contributed by atoms with Crippen molar-refractivity contribution in [1.29, 1.82) is 0 Å². The molecule has 1 saturated heterocycles. The third kappa shape index (κ3) is 3.81. The number of ketones is 3. The van der Waals surface area contributed by atoms with Crippen molar-refractivity contribution in [2.45, 2.75) is 69.4 Å². The minimum atomic E-state index is -2.00. The summed E-state index contributed by atoms with van der Waals surface area (Å²) in [5, 5.41) is 44.1.